The van der Waals surface area contributed by atoms with Gasteiger partial charge < -0.3 is 4.90 Å². The van der Waals surface area contributed by atoms with E-state index in [1.54, 1.807) is 11.0 Å². The summed E-state index contributed by atoms with van der Waals surface area (Å²) in [5, 5.41) is 0. The summed E-state index contributed by atoms with van der Waals surface area (Å²) in [5.41, 5.74) is 5.26. The van der Waals surface area contributed by atoms with Gasteiger partial charge in [0.25, 0.3) is 5.91 Å². The minimum Gasteiger partial charge on any atom is -0.310 e. The zero-order valence-electron chi connectivity index (χ0n) is 16.4. The van der Waals surface area contributed by atoms with Crippen LogP contribution in [-0.4, -0.2) is 10.8 Å². The minimum absolute atomic E-state index is 0.0202. The second kappa shape index (κ2) is 9.52. The van der Waals surface area contributed by atoms with E-state index in [1.807, 2.05) is 86.8 Å². The summed E-state index contributed by atoms with van der Waals surface area (Å²) in [5.74, 6) is -0.0202. The molecule has 0 aliphatic rings. The van der Waals surface area contributed by atoms with Crippen molar-refractivity contribution in [2.45, 2.75) is 20.4 Å². The zero-order valence-corrected chi connectivity index (χ0v) is 16.4. The van der Waals surface area contributed by atoms with Gasteiger partial charge in [-0.15, -0.1) is 0 Å². The van der Waals surface area contributed by atoms with Crippen molar-refractivity contribution in [1.29, 1.82) is 0 Å². The van der Waals surface area contributed by atoms with E-state index < -0.39 is 0 Å². The molecular weight excluding hydrogens is 342 g/mol. The fraction of sp³-hybridized carbons (Fsp3) is 0.115. The molecule has 0 bridgehead atoms. The van der Waals surface area contributed by atoms with Crippen molar-refractivity contribution in [3.05, 3.63) is 126 Å². The van der Waals surface area contributed by atoms with Gasteiger partial charge in [0, 0.05) is 17.8 Å². The summed E-state index contributed by atoms with van der Waals surface area (Å²) < 4.78 is 0. The number of rotatable bonds is 6. The lowest BCUT2D eigenvalue weighted by Gasteiger charge is -2.20. The Morgan fingerprint density at radius 3 is 1.68 bits per heavy atom. The van der Waals surface area contributed by atoms with Crippen molar-refractivity contribution >= 4 is 11.5 Å². The molecule has 2 heteroatoms. The molecule has 0 N–H and O–H groups in total. The molecule has 140 valence electrons. The maximum absolute atomic E-state index is 13.0. The number of allylic oxidation sites excluding steroid dienone is 1. The van der Waals surface area contributed by atoms with Gasteiger partial charge in [0.1, 0.15) is 0 Å². The quantitative estimate of drug-likeness (QED) is 0.484. The van der Waals surface area contributed by atoms with Crippen molar-refractivity contribution in [3.63, 3.8) is 0 Å². The second-order valence-electron chi connectivity index (χ2n) is 6.95. The third kappa shape index (κ3) is 5.31. The molecule has 0 aliphatic carbocycles. The molecule has 3 aromatic carbocycles. The van der Waals surface area contributed by atoms with Gasteiger partial charge in [-0.2, -0.15) is 0 Å². The summed E-state index contributed by atoms with van der Waals surface area (Å²) in [4.78, 5) is 14.8. The van der Waals surface area contributed by atoms with Crippen LogP contribution in [0.3, 0.4) is 0 Å². The summed E-state index contributed by atoms with van der Waals surface area (Å²) in [6.45, 7) is 4.40. The van der Waals surface area contributed by atoms with Crippen LogP contribution in [0.2, 0.25) is 0 Å². The molecule has 0 fully saturated rings. The second-order valence-corrected chi connectivity index (χ2v) is 6.95. The highest BCUT2D eigenvalue weighted by Gasteiger charge is 2.13. The van der Waals surface area contributed by atoms with Crippen LogP contribution in [0.5, 0.6) is 0 Å². The Balaban J connectivity index is 2.07. The van der Waals surface area contributed by atoms with Gasteiger partial charge in [-0.1, -0.05) is 96.6 Å². The Morgan fingerprint density at radius 2 is 1.21 bits per heavy atom. The number of carbonyl (C=O) groups is 1. The van der Waals surface area contributed by atoms with E-state index in [4.69, 9.17) is 0 Å². The van der Waals surface area contributed by atoms with E-state index in [0.717, 1.165) is 27.8 Å². The highest BCUT2D eigenvalue weighted by molar-refractivity contribution is 5.91. The molecule has 0 spiro atoms. The fourth-order valence-corrected chi connectivity index (χ4v) is 3.00. The molecule has 0 saturated heterocycles. The normalized spacial score (nSPS) is 10.1. The smallest absolute Gasteiger partial charge is 0.250 e. The Bertz CT molecular complexity index is 912. The van der Waals surface area contributed by atoms with Crippen LogP contribution in [0, 0.1) is 0 Å². The van der Waals surface area contributed by atoms with Crippen molar-refractivity contribution in [2.75, 3.05) is 0 Å². The Morgan fingerprint density at radius 1 is 0.750 bits per heavy atom. The highest BCUT2D eigenvalue weighted by atomic mass is 16.2. The summed E-state index contributed by atoms with van der Waals surface area (Å²) in [6, 6.07) is 30.4. The van der Waals surface area contributed by atoms with Crippen molar-refractivity contribution in [1.82, 2.24) is 4.90 Å². The van der Waals surface area contributed by atoms with Crippen molar-refractivity contribution in [3.8, 4) is 0 Å². The first-order valence-corrected chi connectivity index (χ1v) is 9.45. The largest absolute Gasteiger partial charge is 0.310 e. The predicted molar refractivity (Wildman–Crippen MR) is 116 cm³/mol. The maximum atomic E-state index is 13.0. The molecule has 0 unspecified atom stereocenters. The summed E-state index contributed by atoms with van der Waals surface area (Å²) >= 11 is 0. The Kier molecular flexibility index (Phi) is 6.59. The molecule has 0 atom stereocenters. The van der Waals surface area contributed by atoms with Gasteiger partial charge in [-0.25, -0.2) is 0 Å². The molecule has 28 heavy (non-hydrogen) atoms. The van der Waals surface area contributed by atoms with E-state index in [-0.39, 0.29) is 5.91 Å². The number of hydrogen-bond donors (Lipinski definition) is 0. The van der Waals surface area contributed by atoms with Gasteiger partial charge in [-0.05, 0) is 30.5 Å². The standard InChI is InChI=1S/C26H25NO/c1-21(2)18-26(28)27(19-22-12-6-3-7-13-22)20-25(23-14-8-4-9-15-23)24-16-10-5-11-17-24/h3-18,20H,19H2,1-2H3. The lowest BCUT2D eigenvalue weighted by atomic mass is 9.98. The lowest BCUT2D eigenvalue weighted by molar-refractivity contribution is -0.124. The van der Waals surface area contributed by atoms with E-state index in [1.165, 1.54) is 0 Å². The molecule has 1 amide bonds. The van der Waals surface area contributed by atoms with Crippen LogP contribution in [0.1, 0.15) is 30.5 Å². The first-order chi connectivity index (χ1) is 13.6. The van der Waals surface area contributed by atoms with Crippen molar-refractivity contribution in [2.24, 2.45) is 0 Å². The van der Waals surface area contributed by atoms with Crippen LogP contribution in [0.15, 0.2) is 109 Å². The first-order valence-electron chi connectivity index (χ1n) is 9.45. The van der Waals surface area contributed by atoms with Gasteiger partial charge in [0.15, 0.2) is 0 Å². The molecule has 2 nitrogen and oxygen atoms in total. The molecule has 3 aromatic rings. The van der Waals surface area contributed by atoms with E-state index in [0.29, 0.717) is 6.54 Å². The Labute approximate surface area is 167 Å². The average Bonchev–Trinajstić information content (AvgIpc) is 2.72. The van der Waals surface area contributed by atoms with Gasteiger partial charge in [0.2, 0.25) is 0 Å². The van der Waals surface area contributed by atoms with Crippen LogP contribution in [0.4, 0.5) is 0 Å². The van der Waals surface area contributed by atoms with Gasteiger partial charge in [0.05, 0.1) is 6.54 Å². The summed E-state index contributed by atoms with van der Waals surface area (Å²) in [6.07, 6.45) is 3.66. The maximum Gasteiger partial charge on any atom is 0.250 e. The fourth-order valence-electron chi connectivity index (χ4n) is 3.00. The number of amides is 1. The molecule has 0 heterocycles. The molecule has 0 radical (unpaired) electrons. The molecule has 3 rings (SSSR count). The topological polar surface area (TPSA) is 20.3 Å². The average molecular weight is 367 g/mol. The third-order valence-corrected chi connectivity index (χ3v) is 4.35. The zero-order chi connectivity index (χ0) is 19.8. The SMILES string of the molecule is CC(C)=CC(=O)N(C=C(c1ccccc1)c1ccccc1)Cc1ccccc1. The lowest BCUT2D eigenvalue weighted by Crippen LogP contribution is -2.24. The molecular formula is C26H25NO. The number of nitrogens with zero attached hydrogens (tertiary/aromatic N) is 1. The summed E-state index contributed by atoms with van der Waals surface area (Å²) in [7, 11) is 0. The molecule has 0 aliphatic heterocycles. The molecule has 0 saturated carbocycles. The van der Waals surface area contributed by atoms with E-state index >= 15 is 0 Å². The third-order valence-electron chi connectivity index (χ3n) is 4.35. The number of hydrogen-bond acceptors (Lipinski definition) is 1. The number of benzene rings is 3. The molecule has 0 aromatic heterocycles. The van der Waals surface area contributed by atoms with Crippen LogP contribution < -0.4 is 0 Å². The first kappa shape index (κ1) is 19.4. The van der Waals surface area contributed by atoms with Gasteiger partial charge >= 0.3 is 0 Å². The van der Waals surface area contributed by atoms with Crippen LogP contribution in [0.25, 0.3) is 5.57 Å². The monoisotopic (exact) mass is 367 g/mol. The van der Waals surface area contributed by atoms with Crippen LogP contribution >= 0.6 is 0 Å². The van der Waals surface area contributed by atoms with Crippen LogP contribution in [-0.2, 0) is 11.3 Å². The Hall–Kier alpha value is -3.39. The minimum atomic E-state index is -0.0202. The van der Waals surface area contributed by atoms with E-state index in [2.05, 4.69) is 24.3 Å². The highest BCUT2D eigenvalue weighted by Crippen LogP contribution is 2.24. The number of carbonyl (C=O) groups excluding carboxylic acids is 1. The van der Waals surface area contributed by atoms with Crippen molar-refractivity contribution < 1.29 is 4.79 Å². The van der Waals surface area contributed by atoms with Gasteiger partial charge in [-0.3, -0.25) is 4.79 Å². The van der Waals surface area contributed by atoms with E-state index in [9.17, 15) is 4.79 Å². The predicted octanol–water partition coefficient (Wildman–Crippen LogP) is 6.07.